The van der Waals surface area contributed by atoms with Gasteiger partial charge in [0.15, 0.2) is 5.82 Å². The summed E-state index contributed by atoms with van der Waals surface area (Å²) >= 11 is 0. The Balaban J connectivity index is 2.15. The average molecular weight is 282 g/mol. The van der Waals surface area contributed by atoms with Gasteiger partial charge in [0.1, 0.15) is 17.3 Å². The Kier molecular flexibility index (Phi) is 3.31. The van der Waals surface area contributed by atoms with E-state index in [1.807, 2.05) is 19.1 Å². The minimum Gasteiger partial charge on any atom is -0.246 e. The van der Waals surface area contributed by atoms with Gasteiger partial charge in [-0.15, -0.1) is 0 Å². The second-order valence-electron chi connectivity index (χ2n) is 4.46. The predicted molar refractivity (Wildman–Crippen MR) is 77.0 cm³/mol. The molecule has 106 valence electrons. The molecule has 0 spiro atoms. The van der Waals surface area contributed by atoms with Gasteiger partial charge in [-0.25, -0.2) is 29.0 Å². The highest BCUT2D eigenvalue weighted by Gasteiger charge is 2.13. The van der Waals surface area contributed by atoms with Gasteiger partial charge in [-0.3, -0.25) is 0 Å². The monoisotopic (exact) mass is 282 g/mol. The lowest BCUT2D eigenvalue weighted by molar-refractivity contribution is 0.718. The maximum atomic E-state index is 12.2. The largest absolute Gasteiger partial charge is 0.351 e. The van der Waals surface area contributed by atoms with Gasteiger partial charge in [0.25, 0.3) is 0 Å². The van der Waals surface area contributed by atoms with Crippen LogP contribution in [0.25, 0.3) is 17.3 Å². The molecule has 7 nitrogen and oxygen atoms in total. The van der Waals surface area contributed by atoms with Crippen LogP contribution in [0, 0.1) is 0 Å². The van der Waals surface area contributed by atoms with Crippen molar-refractivity contribution in [2.45, 2.75) is 13.3 Å². The smallest absolute Gasteiger partial charge is 0.246 e. The Labute approximate surface area is 120 Å². The highest BCUT2D eigenvalue weighted by Crippen LogP contribution is 2.13. The van der Waals surface area contributed by atoms with E-state index in [1.165, 1.54) is 9.25 Å². The number of aryl methyl sites for hydroxylation is 2. The third-order valence-corrected chi connectivity index (χ3v) is 3.07. The van der Waals surface area contributed by atoms with Crippen molar-refractivity contribution < 1.29 is 0 Å². The second-order valence-corrected chi connectivity index (χ2v) is 4.46. The molecule has 3 rings (SSSR count). The lowest BCUT2D eigenvalue weighted by Gasteiger charge is -2.05. The molecule has 0 saturated carbocycles. The Hall–Kier alpha value is -2.83. The van der Waals surface area contributed by atoms with Crippen LogP contribution in [-0.4, -0.2) is 29.3 Å². The van der Waals surface area contributed by atoms with Gasteiger partial charge < -0.3 is 0 Å². The molecular formula is C14H14N6O. The molecule has 3 aromatic heterocycles. The van der Waals surface area contributed by atoms with Gasteiger partial charge in [0.2, 0.25) is 0 Å². The summed E-state index contributed by atoms with van der Waals surface area (Å²) in [4.78, 5) is 25.0. The van der Waals surface area contributed by atoms with Crippen molar-refractivity contribution >= 4 is 0 Å². The SMILES string of the molecule is CCc1nn(C)c(=O)n1-c1cccc(-c2ncccn2)n1. The molecule has 0 radical (unpaired) electrons. The summed E-state index contributed by atoms with van der Waals surface area (Å²) in [6, 6.07) is 7.15. The molecule has 0 aliphatic heterocycles. The van der Waals surface area contributed by atoms with Crippen LogP contribution in [0.15, 0.2) is 41.5 Å². The molecule has 0 aliphatic carbocycles. The number of pyridine rings is 1. The fourth-order valence-electron chi connectivity index (χ4n) is 2.08. The molecule has 0 bridgehead atoms. The van der Waals surface area contributed by atoms with Gasteiger partial charge in [0, 0.05) is 25.9 Å². The lowest BCUT2D eigenvalue weighted by Crippen LogP contribution is -2.23. The first-order chi connectivity index (χ1) is 10.2. The molecular weight excluding hydrogens is 268 g/mol. The Morgan fingerprint density at radius 3 is 2.62 bits per heavy atom. The van der Waals surface area contributed by atoms with E-state index < -0.39 is 0 Å². The van der Waals surface area contributed by atoms with Gasteiger partial charge in [-0.05, 0) is 18.2 Å². The number of hydrogen-bond acceptors (Lipinski definition) is 5. The normalized spacial score (nSPS) is 10.8. The third-order valence-electron chi connectivity index (χ3n) is 3.07. The van der Waals surface area contributed by atoms with Crippen LogP contribution in [-0.2, 0) is 13.5 Å². The van der Waals surface area contributed by atoms with Crippen LogP contribution in [0.5, 0.6) is 0 Å². The maximum absolute atomic E-state index is 12.2. The van der Waals surface area contributed by atoms with Crippen LogP contribution >= 0.6 is 0 Å². The van der Waals surface area contributed by atoms with Crippen molar-refractivity contribution in [1.29, 1.82) is 0 Å². The van der Waals surface area contributed by atoms with E-state index in [4.69, 9.17) is 0 Å². The number of hydrogen-bond donors (Lipinski definition) is 0. The summed E-state index contributed by atoms with van der Waals surface area (Å²) in [5, 5.41) is 4.20. The summed E-state index contributed by atoms with van der Waals surface area (Å²) in [5.74, 6) is 1.71. The van der Waals surface area contributed by atoms with Crippen LogP contribution in [0.3, 0.4) is 0 Å². The first-order valence-corrected chi connectivity index (χ1v) is 6.60. The highest BCUT2D eigenvalue weighted by molar-refractivity contribution is 5.50. The van der Waals surface area contributed by atoms with Crippen LogP contribution in [0.4, 0.5) is 0 Å². The summed E-state index contributed by atoms with van der Waals surface area (Å²) in [7, 11) is 1.63. The molecule has 0 aliphatic rings. The summed E-state index contributed by atoms with van der Waals surface area (Å²) in [6.07, 6.45) is 3.96. The topological polar surface area (TPSA) is 78.5 Å². The second kappa shape index (κ2) is 5.28. The van der Waals surface area contributed by atoms with Gasteiger partial charge >= 0.3 is 5.69 Å². The van der Waals surface area contributed by atoms with Crippen LogP contribution in [0.1, 0.15) is 12.7 Å². The standard InChI is InChI=1S/C14H14N6O/c1-3-11-18-19(2)14(21)20(11)12-7-4-6-10(17-12)13-15-8-5-9-16-13/h4-9H,3H2,1-2H3. The van der Waals surface area contributed by atoms with Crippen LogP contribution < -0.4 is 5.69 Å². The van der Waals surface area contributed by atoms with Crippen LogP contribution in [0.2, 0.25) is 0 Å². The van der Waals surface area contributed by atoms with Crippen molar-refractivity contribution in [2.75, 3.05) is 0 Å². The van der Waals surface area contributed by atoms with Crippen molar-refractivity contribution in [3.05, 3.63) is 53.0 Å². The van der Waals surface area contributed by atoms with E-state index in [0.717, 1.165) is 0 Å². The molecule has 0 amide bonds. The molecule has 21 heavy (non-hydrogen) atoms. The van der Waals surface area contributed by atoms with E-state index in [0.29, 0.717) is 29.6 Å². The zero-order valence-corrected chi connectivity index (χ0v) is 11.8. The zero-order chi connectivity index (χ0) is 14.8. The summed E-state index contributed by atoms with van der Waals surface area (Å²) in [6.45, 7) is 1.95. The highest BCUT2D eigenvalue weighted by atomic mass is 16.2. The minimum absolute atomic E-state index is 0.217. The Morgan fingerprint density at radius 1 is 1.14 bits per heavy atom. The molecule has 7 heteroatoms. The Morgan fingerprint density at radius 2 is 1.90 bits per heavy atom. The number of rotatable bonds is 3. The van der Waals surface area contributed by atoms with E-state index in [-0.39, 0.29) is 5.69 Å². The van der Waals surface area contributed by atoms with Crippen molar-refractivity contribution in [1.82, 2.24) is 29.3 Å². The first-order valence-electron chi connectivity index (χ1n) is 6.60. The predicted octanol–water partition coefficient (Wildman–Crippen LogP) is 0.985. The van der Waals surface area contributed by atoms with E-state index in [1.54, 1.807) is 31.6 Å². The van der Waals surface area contributed by atoms with Crippen molar-refractivity contribution in [3.8, 4) is 17.3 Å². The minimum atomic E-state index is -0.217. The van der Waals surface area contributed by atoms with E-state index >= 15 is 0 Å². The van der Waals surface area contributed by atoms with Gasteiger partial charge in [-0.2, -0.15) is 5.10 Å². The fourth-order valence-corrected chi connectivity index (χ4v) is 2.08. The van der Waals surface area contributed by atoms with Crippen molar-refractivity contribution in [2.24, 2.45) is 7.05 Å². The van der Waals surface area contributed by atoms with E-state index in [2.05, 4.69) is 20.1 Å². The molecule has 0 saturated heterocycles. The molecule has 0 aromatic carbocycles. The number of nitrogens with zero attached hydrogens (tertiary/aromatic N) is 6. The maximum Gasteiger partial charge on any atom is 0.351 e. The molecule has 3 heterocycles. The third kappa shape index (κ3) is 2.33. The fraction of sp³-hybridized carbons (Fsp3) is 0.214. The van der Waals surface area contributed by atoms with Crippen molar-refractivity contribution in [3.63, 3.8) is 0 Å². The first kappa shape index (κ1) is 13.2. The van der Waals surface area contributed by atoms with Gasteiger partial charge in [0.05, 0.1) is 0 Å². The van der Waals surface area contributed by atoms with Gasteiger partial charge in [-0.1, -0.05) is 13.0 Å². The van der Waals surface area contributed by atoms with E-state index in [9.17, 15) is 4.79 Å². The quantitative estimate of drug-likeness (QED) is 0.715. The molecule has 0 fully saturated rings. The average Bonchev–Trinajstić information content (AvgIpc) is 2.83. The summed E-state index contributed by atoms with van der Waals surface area (Å²) in [5.41, 5.74) is 0.399. The molecule has 0 N–H and O–H groups in total. The molecule has 0 atom stereocenters. The Bertz CT molecular complexity index is 821. The number of aromatic nitrogens is 6. The summed E-state index contributed by atoms with van der Waals surface area (Å²) < 4.78 is 2.82. The lowest BCUT2D eigenvalue weighted by atomic mass is 10.3. The molecule has 3 aromatic rings. The molecule has 0 unspecified atom stereocenters. The zero-order valence-electron chi connectivity index (χ0n) is 11.8.